The molecule has 2 aromatic carbocycles. The van der Waals surface area contributed by atoms with Crippen LogP contribution in [0, 0.1) is 5.41 Å². The molecule has 2 saturated heterocycles. The molecule has 2 aromatic rings. The average Bonchev–Trinajstić information content (AvgIpc) is 3.02. The Morgan fingerprint density at radius 2 is 1.84 bits per heavy atom. The summed E-state index contributed by atoms with van der Waals surface area (Å²) in [6, 6.07) is 18.9. The van der Waals surface area contributed by atoms with Crippen LogP contribution in [0.3, 0.4) is 0 Å². The van der Waals surface area contributed by atoms with Crippen molar-refractivity contribution in [3.8, 4) is 11.1 Å². The molecule has 25 heavy (non-hydrogen) atoms. The van der Waals surface area contributed by atoms with Gasteiger partial charge in [-0.05, 0) is 29.5 Å². The first kappa shape index (κ1) is 16.3. The Morgan fingerprint density at radius 3 is 2.52 bits per heavy atom. The zero-order valence-electron chi connectivity index (χ0n) is 14.2. The van der Waals surface area contributed by atoms with E-state index in [1.54, 1.807) is 0 Å². The number of benzene rings is 2. The first-order chi connectivity index (χ1) is 12.2. The van der Waals surface area contributed by atoms with Gasteiger partial charge in [-0.1, -0.05) is 54.6 Å². The van der Waals surface area contributed by atoms with Crippen molar-refractivity contribution < 1.29 is 14.6 Å². The highest BCUT2D eigenvalue weighted by atomic mass is 16.5. The highest BCUT2D eigenvalue weighted by Crippen LogP contribution is 2.41. The quantitative estimate of drug-likeness (QED) is 0.929. The highest BCUT2D eigenvalue weighted by Gasteiger charge is 2.54. The maximum Gasteiger partial charge on any atom is 0.313 e. The van der Waals surface area contributed by atoms with Gasteiger partial charge in [0.1, 0.15) is 5.41 Å². The molecular formula is C21H23NO3. The first-order valence-corrected chi connectivity index (χ1v) is 8.89. The van der Waals surface area contributed by atoms with Gasteiger partial charge < -0.3 is 9.84 Å². The van der Waals surface area contributed by atoms with Crippen molar-refractivity contribution in [1.82, 2.24) is 4.90 Å². The Hall–Kier alpha value is -2.17. The number of rotatable bonds is 4. The second-order valence-corrected chi connectivity index (χ2v) is 7.16. The van der Waals surface area contributed by atoms with Crippen molar-refractivity contribution in [3.63, 3.8) is 0 Å². The van der Waals surface area contributed by atoms with Crippen LogP contribution < -0.4 is 0 Å². The lowest BCUT2D eigenvalue weighted by Gasteiger charge is -2.34. The fourth-order valence-corrected chi connectivity index (χ4v) is 4.16. The summed E-state index contributed by atoms with van der Waals surface area (Å²) >= 11 is 0. The summed E-state index contributed by atoms with van der Waals surface area (Å²) in [6.45, 7) is 2.73. The lowest BCUT2D eigenvalue weighted by molar-refractivity contribution is -0.161. The van der Waals surface area contributed by atoms with Crippen molar-refractivity contribution in [3.05, 3.63) is 60.2 Å². The van der Waals surface area contributed by atoms with E-state index in [-0.39, 0.29) is 6.10 Å². The SMILES string of the molecule is O=C(O)[C@@]12CCCO[C@@H]1CN(Cc1ccc(-c3ccccc3)cc1)C2. The van der Waals surface area contributed by atoms with E-state index >= 15 is 0 Å². The van der Waals surface area contributed by atoms with Crippen LogP contribution in [0.2, 0.25) is 0 Å². The molecular weight excluding hydrogens is 314 g/mol. The van der Waals surface area contributed by atoms with Crippen molar-refractivity contribution >= 4 is 5.97 Å². The Balaban J connectivity index is 1.47. The molecule has 2 fully saturated rings. The molecule has 130 valence electrons. The second-order valence-electron chi connectivity index (χ2n) is 7.16. The molecule has 4 rings (SSSR count). The molecule has 1 N–H and O–H groups in total. The van der Waals surface area contributed by atoms with Crippen LogP contribution in [0.15, 0.2) is 54.6 Å². The standard InChI is InChI=1S/C21H23NO3/c23-20(24)21-11-4-12-25-19(21)14-22(15-21)13-16-7-9-18(10-8-16)17-5-2-1-3-6-17/h1-3,5-10,19H,4,11-15H2,(H,23,24)/t19-,21-/m1/s1. The Labute approximate surface area is 148 Å². The molecule has 0 spiro atoms. The maximum atomic E-state index is 11.9. The number of hydrogen-bond donors (Lipinski definition) is 1. The van der Waals surface area contributed by atoms with Crippen LogP contribution >= 0.6 is 0 Å². The number of fused-ring (bicyclic) bond motifs is 1. The first-order valence-electron chi connectivity index (χ1n) is 8.89. The molecule has 0 unspecified atom stereocenters. The predicted octanol–water partition coefficient (Wildman–Crippen LogP) is 3.42. The monoisotopic (exact) mass is 337 g/mol. The number of nitrogens with zero attached hydrogens (tertiary/aromatic N) is 1. The highest BCUT2D eigenvalue weighted by molar-refractivity contribution is 5.76. The van der Waals surface area contributed by atoms with Gasteiger partial charge in [-0.15, -0.1) is 0 Å². The minimum atomic E-state index is -0.720. The molecule has 4 nitrogen and oxygen atoms in total. The van der Waals surface area contributed by atoms with Crippen LogP contribution in [0.25, 0.3) is 11.1 Å². The second kappa shape index (κ2) is 6.62. The van der Waals surface area contributed by atoms with E-state index in [0.29, 0.717) is 19.7 Å². The molecule has 2 heterocycles. The topological polar surface area (TPSA) is 49.8 Å². The number of likely N-dealkylation sites (tertiary alicyclic amines) is 1. The largest absolute Gasteiger partial charge is 0.481 e. The van der Waals surface area contributed by atoms with Crippen molar-refractivity contribution in [2.75, 3.05) is 19.7 Å². The molecule has 0 aromatic heterocycles. The van der Waals surface area contributed by atoms with Crippen LogP contribution in [-0.4, -0.2) is 41.8 Å². The van der Waals surface area contributed by atoms with Crippen LogP contribution in [-0.2, 0) is 16.1 Å². The van der Waals surface area contributed by atoms with E-state index < -0.39 is 11.4 Å². The summed E-state index contributed by atoms with van der Waals surface area (Å²) in [5.74, 6) is -0.709. The number of carbonyl (C=O) groups is 1. The van der Waals surface area contributed by atoms with E-state index in [2.05, 4.69) is 41.3 Å². The van der Waals surface area contributed by atoms with E-state index in [9.17, 15) is 9.90 Å². The summed E-state index contributed by atoms with van der Waals surface area (Å²) in [5.41, 5.74) is 2.89. The Bertz CT molecular complexity index is 743. The van der Waals surface area contributed by atoms with Gasteiger partial charge in [0.2, 0.25) is 0 Å². The van der Waals surface area contributed by atoms with Gasteiger partial charge in [0.25, 0.3) is 0 Å². The third kappa shape index (κ3) is 3.08. The number of carboxylic acid groups (broad SMARTS) is 1. The molecule has 0 bridgehead atoms. The third-order valence-electron chi connectivity index (χ3n) is 5.53. The van der Waals surface area contributed by atoms with E-state index in [1.165, 1.54) is 16.7 Å². The van der Waals surface area contributed by atoms with Crippen LogP contribution in [0.4, 0.5) is 0 Å². The molecule has 0 amide bonds. The predicted molar refractivity (Wildman–Crippen MR) is 96.2 cm³/mol. The number of ether oxygens (including phenoxy) is 1. The summed E-state index contributed by atoms with van der Waals surface area (Å²) < 4.78 is 5.79. The lowest BCUT2D eigenvalue weighted by atomic mass is 9.79. The van der Waals surface area contributed by atoms with Gasteiger partial charge in [0.05, 0.1) is 6.10 Å². The van der Waals surface area contributed by atoms with Gasteiger partial charge in [-0.3, -0.25) is 9.69 Å². The number of aliphatic carboxylic acids is 1. The van der Waals surface area contributed by atoms with E-state index in [1.807, 2.05) is 18.2 Å². The van der Waals surface area contributed by atoms with Crippen LogP contribution in [0.1, 0.15) is 18.4 Å². The fourth-order valence-electron chi connectivity index (χ4n) is 4.16. The van der Waals surface area contributed by atoms with Crippen LogP contribution in [0.5, 0.6) is 0 Å². The number of hydrogen-bond acceptors (Lipinski definition) is 3. The van der Waals surface area contributed by atoms with Gasteiger partial charge in [-0.25, -0.2) is 0 Å². The molecule has 0 aliphatic carbocycles. The van der Waals surface area contributed by atoms with E-state index in [0.717, 1.165) is 19.4 Å². The van der Waals surface area contributed by atoms with Gasteiger partial charge in [0.15, 0.2) is 0 Å². The van der Waals surface area contributed by atoms with Crippen molar-refractivity contribution in [1.29, 1.82) is 0 Å². The Kier molecular flexibility index (Phi) is 4.32. The molecule has 2 atom stereocenters. The summed E-state index contributed by atoms with van der Waals surface area (Å²) in [4.78, 5) is 14.1. The van der Waals surface area contributed by atoms with Crippen molar-refractivity contribution in [2.45, 2.75) is 25.5 Å². The minimum absolute atomic E-state index is 0.178. The van der Waals surface area contributed by atoms with Crippen molar-refractivity contribution in [2.24, 2.45) is 5.41 Å². The summed E-state index contributed by atoms with van der Waals surface area (Å²) in [7, 11) is 0. The molecule has 2 aliphatic heterocycles. The normalized spacial score (nSPS) is 26.3. The average molecular weight is 337 g/mol. The Morgan fingerprint density at radius 1 is 1.12 bits per heavy atom. The zero-order valence-corrected chi connectivity index (χ0v) is 14.2. The van der Waals surface area contributed by atoms with Gasteiger partial charge >= 0.3 is 5.97 Å². The smallest absolute Gasteiger partial charge is 0.313 e. The minimum Gasteiger partial charge on any atom is -0.481 e. The maximum absolute atomic E-state index is 11.9. The number of carboxylic acids is 1. The lowest BCUT2D eigenvalue weighted by Crippen LogP contribution is -2.46. The third-order valence-corrected chi connectivity index (χ3v) is 5.53. The molecule has 0 radical (unpaired) electrons. The van der Waals surface area contributed by atoms with Gasteiger partial charge in [-0.2, -0.15) is 0 Å². The molecule has 2 aliphatic rings. The summed E-state index contributed by atoms with van der Waals surface area (Å²) in [6.07, 6.45) is 1.38. The molecule has 4 heteroatoms. The van der Waals surface area contributed by atoms with E-state index in [4.69, 9.17) is 4.74 Å². The zero-order chi connectivity index (χ0) is 17.3. The van der Waals surface area contributed by atoms with Gasteiger partial charge in [0, 0.05) is 26.2 Å². The molecule has 0 saturated carbocycles. The fraction of sp³-hybridized carbons (Fsp3) is 0.381. The summed E-state index contributed by atoms with van der Waals surface area (Å²) in [5, 5.41) is 9.74.